The second kappa shape index (κ2) is 6.93. The topological polar surface area (TPSA) is 59.0 Å². The lowest BCUT2D eigenvalue weighted by Crippen LogP contribution is -2.37. The van der Waals surface area contributed by atoms with Crippen molar-refractivity contribution in [1.29, 1.82) is 0 Å². The molecule has 0 aliphatic rings. The molecular formula is C17H22N4O. The summed E-state index contributed by atoms with van der Waals surface area (Å²) in [6.45, 7) is 10.0. The highest BCUT2D eigenvalue weighted by atomic mass is 16.2. The van der Waals surface area contributed by atoms with Gasteiger partial charge in [0.05, 0.1) is 6.04 Å². The number of aryl methyl sites for hydroxylation is 1. The van der Waals surface area contributed by atoms with E-state index in [4.69, 9.17) is 0 Å². The minimum absolute atomic E-state index is 0.0666. The van der Waals surface area contributed by atoms with Gasteiger partial charge in [-0.15, -0.1) is 0 Å². The zero-order valence-electron chi connectivity index (χ0n) is 13.3. The molecule has 0 spiro atoms. The van der Waals surface area contributed by atoms with Crippen molar-refractivity contribution in [2.75, 3.05) is 6.54 Å². The van der Waals surface area contributed by atoms with E-state index in [1.807, 2.05) is 55.8 Å². The number of hydrogen-bond acceptors (Lipinski definition) is 2. The smallest absolute Gasteiger partial charge is 0.315 e. The fourth-order valence-electron chi connectivity index (χ4n) is 2.14. The summed E-state index contributed by atoms with van der Waals surface area (Å²) in [6.07, 6.45) is 3.70. The van der Waals surface area contributed by atoms with Crippen molar-refractivity contribution in [1.82, 2.24) is 20.2 Å². The van der Waals surface area contributed by atoms with Crippen LogP contribution in [0.5, 0.6) is 0 Å². The van der Waals surface area contributed by atoms with Crippen molar-refractivity contribution in [3.05, 3.63) is 60.2 Å². The molecule has 1 aromatic heterocycles. The van der Waals surface area contributed by atoms with Gasteiger partial charge in [-0.25, -0.2) is 9.78 Å². The van der Waals surface area contributed by atoms with E-state index in [1.165, 1.54) is 0 Å². The summed E-state index contributed by atoms with van der Waals surface area (Å²) in [6, 6.07) is 7.81. The van der Waals surface area contributed by atoms with Crippen LogP contribution in [0, 0.1) is 6.92 Å². The maximum Gasteiger partial charge on any atom is 0.315 e. The summed E-state index contributed by atoms with van der Waals surface area (Å²) in [5, 5.41) is 5.67. The van der Waals surface area contributed by atoms with E-state index in [1.54, 1.807) is 6.20 Å². The molecular weight excluding hydrogens is 276 g/mol. The van der Waals surface area contributed by atoms with E-state index in [0.29, 0.717) is 6.54 Å². The first kappa shape index (κ1) is 15.8. The van der Waals surface area contributed by atoms with Crippen LogP contribution in [0.4, 0.5) is 4.79 Å². The van der Waals surface area contributed by atoms with Crippen LogP contribution in [0.2, 0.25) is 0 Å². The number of rotatable bonds is 5. The maximum absolute atomic E-state index is 11.8. The molecule has 0 bridgehead atoms. The molecule has 1 heterocycles. The van der Waals surface area contributed by atoms with Crippen molar-refractivity contribution >= 4 is 6.03 Å². The zero-order chi connectivity index (χ0) is 16.1. The Morgan fingerprint density at radius 1 is 1.36 bits per heavy atom. The molecule has 116 valence electrons. The van der Waals surface area contributed by atoms with Crippen molar-refractivity contribution in [2.24, 2.45) is 0 Å². The Bertz CT molecular complexity index is 658. The number of aromatic nitrogens is 2. The highest BCUT2D eigenvalue weighted by molar-refractivity contribution is 5.74. The third kappa shape index (κ3) is 3.97. The van der Waals surface area contributed by atoms with Crippen LogP contribution in [0.25, 0.3) is 5.69 Å². The predicted molar refractivity (Wildman–Crippen MR) is 88.1 cm³/mol. The molecule has 0 unspecified atom stereocenters. The van der Waals surface area contributed by atoms with Crippen molar-refractivity contribution in [3.63, 3.8) is 0 Å². The quantitative estimate of drug-likeness (QED) is 0.833. The SMILES string of the molecule is C=C(C)CNC(=O)N[C@H](C)c1ccc(-n2ccnc2C)cc1. The number of urea groups is 1. The Kier molecular flexibility index (Phi) is 4.99. The fourth-order valence-corrected chi connectivity index (χ4v) is 2.14. The van der Waals surface area contributed by atoms with E-state index in [2.05, 4.69) is 22.2 Å². The average Bonchev–Trinajstić information content (AvgIpc) is 2.91. The first-order chi connectivity index (χ1) is 10.5. The van der Waals surface area contributed by atoms with Gasteiger partial charge < -0.3 is 15.2 Å². The molecule has 0 saturated carbocycles. The van der Waals surface area contributed by atoms with Crippen LogP contribution in [-0.4, -0.2) is 22.1 Å². The molecule has 1 aromatic carbocycles. The number of carbonyl (C=O) groups is 1. The molecule has 0 radical (unpaired) electrons. The maximum atomic E-state index is 11.8. The molecule has 0 aliphatic heterocycles. The molecule has 2 amide bonds. The number of amides is 2. The van der Waals surface area contributed by atoms with Crippen molar-refractivity contribution in [2.45, 2.75) is 26.8 Å². The zero-order valence-corrected chi connectivity index (χ0v) is 13.3. The molecule has 0 fully saturated rings. The van der Waals surface area contributed by atoms with Gasteiger partial charge in [0, 0.05) is 24.6 Å². The molecule has 2 rings (SSSR count). The minimum atomic E-state index is -0.190. The van der Waals surface area contributed by atoms with E-state index >= 15 is 0 Å². The third-order valence-electron chi connectivity index (χ3n) is 3.40. The standard InChI is InChI=1S/C17H22N4O/c1-12(2)11-19-17(22)20-13(3)15-5-7-16(8-6-15)21-10-9-18-14(21)4/h5-10,13H,1,11H2,2-4H3,(H2,19,20,22)/t13-/m1/s1. The normalized spacial score (nSPS) is 11.8. The van der Waals surface area contributed by atoms with Crippen LogP contribution in [0.3, 0.4) is 0 Å². The number of nitrogens with one attached hydrogen (secondary N) is 2. The van der Waals surface area contributed by atoms with Crippen LogP contribution >= 0.6 is 0 Å². The van der Waals surface area contributed by atoms with Gasteiger partial charge in [0.15, 0.2) is 0 Å². The van der Waals surface area contributed by atoms with Gasteiger partial charge in [0.25, 0.3) is 0 Å². The average molecular weight is 298 g/mol. The second-order valence-corrected chi connectivity index (χ2v) is 5.44. The Morgan fingerprint density at radius 3 is 2.59 bits per heavy atom. The Hall–Kier alpha value is -2.56. The van der Waals surface area contributed by atoms with Crippen molar-refractivity contribution < 1.29 is 4.79 Å². The molecule has 5 heteroatoms. The number of carbonyl (C=O) groups excluding carboxylic acids is 1. The number of hydrogen-bond donors (Lipinski definition) is 2. The van der Waals surface area contributed by atoms with E-state index in [0.717, 1.165) is 22.6 Å². The van der Waals surface area contributed by atoms with Crippen molar-refractivity contribution in [3.8, 4) is 5.69 Å². The molecule has 0 saturated heterocycles. The molecule has 22 heavy (non-hydrogen) atoms. The number of benzene rings is 1. The lowest BCUT2D eigenvalue weighted by molar-refractivity contribution is 0.238. The van der Waals surface area contributed by atoms with E-state index < -0.39 is 0 Å². The summed E-state index contributed by atoms with van der Waals surface area (Å²) in [5.41, 5.74) is 3.02. The fraction of sp³-hybridized carbons (Fsp3) is 0.294. The van der Waals surface area contributed by atoms with Crippen LogP contribution in [0.15, 0.2) is 48.8 Å². The number of imidazole rings is 1. The monoisotopic (exact) mass is 298 g/mol. The lowest BCUT2D eigenvalue weighted by atomic mass is 10.1. The third-order valence-corrected chi connectivity index (χ3v) is 3.40. The molecule has 2 N–H and O–H groups in total. The van der Waals surface area contributed by atoms with Crippen LogP contribution in [0.1, 0.15) is 31.3 Å². The number of nitrogens with zero attached hydrogens (tertiary/aromatic N) is 2. The van der Waals surface area contributed by atoms with Crippen LogP contribution < -0.4 is 10.6 Å². The summed E-state index contributed by atoms with van der Waals surface area (Å²) in [5.74, 6) is 0.943. The van der Waals surface area contributed by atoms with E-state index in [-0.39, 0.29) is 12.1 Å². The van der Waals surface area contributed by atoms with Gasteiger partial charge in [-0.05, 0) is 38.5 Å². The summed E-state index contributed by atoms with van der Waals surface area (Å²) in [4.78, 5) is 16.0. The minimum Gasteiger partial charge on any atom is -0.334 e. The van der Waals surface area contributed by atoms with Gasteiger partial charge in [0.1, 0.15) is 5.82 Å². The van der Waals surface area contributed by atoms with Gasteiger partial charge in [0.2, 0.25) is 0 Å². The highest BCUT2D eigenvalue weighted by Gasteiger charge is 2.09. The Labute approximate surface area is 131 Å². The predicted octanol–water partition coefficient (Wildman–Crippen LogP) is 3.12. The molecule has 5 nitrogen and oxygen atoms in total. The Morgan fingerprint density at radius 2 is 2.05 bits per heavy atom. The largest absolute Gasteiger partial charge is 0.334 e. The van der Waals surface area contributed by atoms with Gasteiger partial charge in [-0.2, -0.15) is 0 Å². The lowest BCUT2D eigenvalue weighted by Gasteiger charge is -2.16. The first-order valence-corrected chi connectivity index (χ1v) is 7.26. The molecule has 1 atom stereocenters. The van der Waals surface area contributed by atoms with E-state index in [9.17, 15) is 4.79 Å². The van der Waals surface area contributed by atoms with Gasteiger partial charge in [-0.3, -0.25) is 0 Å². The summed E-state index contributed by atoms with van der Waals surface area (Å²) < 4.78 is 2.02. The Balaban J connectivity index is 1.99. The molecule has 2 aromatic rings. The van der Waals surface area contributed by atoms with Gasteiger partial charge >= 0.3 is 6.03 Å². The van der Waals surface area contributed by atoms with Crippen LogP contribution in [-0.2, 0) is 0 Å². The summed E-state index contributed by atoms with van der Waals surface area (Å²) in [7, 11) is 0. The van der Waals surface area contributed by atoms with Gasteiger partial charge in [-0.1, -0.05) is 24.3 Å². The first-order valence-electron chi connectivity index (χ1n) is 7.26. The summed E-state index contributed by atoms with van der Waals surface area (Å²) >= 11 is 0. The molecule has 0 aliphatic carbocycles. The highest BCUT2D eigenvalue weighted by Crippen LogP contribution is 2.16. The second-order valence-electron chi connectivity index (χ2n) is 5.44.